The standard InChI is InChI=1S/C15H24N6O/c1-9(2)6-13(15-16-8-17-21(15)5)18-14(22)7-12-10(3)19-20-11(12)4/h8-9,13H,6-7H2,1-5H3,(H,18,22)(H,19,20)/t13-/m0/s1. The Labute approximate surface area is 130 Å². The van der Waals surface area contributed by atoms with Crippen LogP contribution < -0.4 is 5.32 Å². The Kier molecular flexibility index (Phi) is 4.95. The summed E-state index contributed by atoms with van der Waals surface area (Å²) >= 11 is 0. The van der Waals surface area contributed by atoms with Crippen molar-refractivity contribution in [3.63, 3.8) is 0 Å². The van der Waals surface area contributed by atoms with Crippen molar-refractivity contribution in [3.05, 3.63) is 29.1 Å². The van der Waals surface area contributed by atoms with Crippen LogP contribution in [0.3, 0.4) is 0 Å². The van der Waals surface area contributed by atoms with Crippen LogP contribution in [0, 0.1) is 19.8 Å². The predicted octanol–water partition coefficient (Wildman–Crippen LogP) is 1.60. The number of rotatable bonds is 6. The quantitative estimate of drug-likeness (QED) is 0.848. The number of nitrogens with zero attached hydrogens (tertiary/aromatic N) is 4. The first-order valence-corrected chi connectivity index (χ1v) is 7.52. The third-order valence-corrected chi connectivity index (χ3v) is 3.72. The highest BCUT2D eigenvalue weighted by atomic mass is 16.1. The van der Waals surface area contributed by atoms with Gasteiger partial charge in [-0.25, -0.2) is 4.98 Å². The van der Waals surface area contributed by atoms with Gasteiger partial charge in [0.05, 0.1) is 18.2 Å². The van der Waals surface area contributed by atoms with E-state index in [1.165, 1.54) is 6.33 Å². The third-order valence-electron chi connectivity index (χ3n) is 3.72. The predicted molar refractivity (Wildman–Crippen MR) is 83.1 cm³/mol. The Hall–Kier alpha value is -2.18. The van der Waals surface area contributed by atoms with Gasteiger partial charge in [-0.3, -0.25) is 14.6 Å². The van der Waals surface area contributed by atoms with Crippen molar-refractivity contribution in [1.82, 2.24) is 30.3 Å². The molecule has 0 bridgehead atoms. The molecule has 1 atom stereocenters. The summed E-state index contributed by atoms with van der Waals surface area (Å²) in [6.07, 6.45) is 2.65. The lowest BCUT2D eigenvalue weighted by molar-refractivity contribution is -0.121. The van der Waals surface area contributed by atoms with Gasteiger partial charge in [0.25, 0.3) is 0 Å². The van der Waals surface area contributed by atoms with Crippen LogP contribution in [-0.4, -0.2) is 30.9 Å². The molecule has 0 aromatic carbocycles. The van der Waals surface area contributed by atoms with Crippen molar-refractivity contribution < 1.29 is 4.79 Å². The second kappa shape index (κ2) is 6.72. The summed E-state index contributed by atoms with van der Waals surface area (Å²) in [6, 6.07) is -0.132. The maximum absolute atomic E-state index is 12.4. The van der Waals surface area contributed by atoms with Crippen LogP contribution in [0.1, 0.15) is 49.1 Å². The van der Waals surface area contributed by atoms with Gasteiger partial charge in [-0.15, -0.1) is 0 Å². The van der Waals surface area contributed by atoms with Crippen molar-refractivity contribution in [2.24, 2.45) is 13.0 Å². The lowest BCUT2D eigenvalue weighted by Gasteiger charge is -2.20. The van der Waals surface area contributed by atoms with E-state index in [9.17, 15) is 4.79 Å². The summed E-state index contributed by atoms with van der Waals surface area (Å²) in [5, 5.41) is 14.2. The Morgan fingerprint density at radius 3 is 2.64 bits per heavy atom. The van der Waals surface area contributed by atoms with Crippen molar-refractivity contribution in [2.75, 3.05) is 0 Å². The molecule has 1 amide bonds. The van der Waals surface area contributed by atoms with Gasteiger partial charge in [0.15, 0.2) is 0 Å². The van der Waals surface area contributed by atoms with E-state index in [0.29, 0.717) is 12.3 Å². The fourth-order valence-corrected chi connectivity index (χ4v) is 2.56. The highest BCUT2D eigenvalue weighted by Gasteiger charge is 2.21. The van der Waals surface area contributed by atoms with E-state index in [1.807, 2.05) is 20.9 Å². The zero-order valence-corrected chi connectivity index (χ0v) is 13.8. The smallest absolute Gasteiger partial charge is 0.225 e. The molecule has 0 unspecified atom stereocenters. The lowest BCUT2D eigenvalue weighted by atomic mass is 10.0. The fraction of sp³-hybridized carbons (Fsp3) is 0.600. The van der Waals surface area contributed by atoms with E-state index >= 15 is 0 Å². The molecular weight excluding hydrogens is 280 g/mol. The van der Waals surface area contributed by atoms with Gasteiger partial charge in [0, 0.05) is 18.3 Å². The molecule has 2 aromatic heterocycles. The Balaban J connectivity index is 2.10. The summed E-state index contributed by atoms with van der Waals surface area (Å²) < 4.78 is 1.71. The van der Waals surface area contributed by atoms with Gasteiger partial charge >= 0.3 is 0 Å². The maximum Gasteiger partial charge on any atom is 0.225 e. The van der Waals surface area contributed by atoms with Crippen LogP contribution >= 0.6 is 0 Å². The largest absolute Gasteiger partial charge is 0.346 e. The molecule has 0 fully saturated rings. The van der Waals surface area contributed by atoms with E-state index in [4.69, 9.17) is 0 Å². The van der Waals surface area contributed by atoms with Gasteiger partial charge < -0.3 is 5.32 Å². The third kappa shape index (κ3) is 3.72. The summed E-state index contributed by atoms with van der Waals surface area (Å²) in [5.74, 6) is 1.20. The van der Waals surface area contributed by atoms with Crippen LogP contribution in [-0.2, 0) is 18.3 Å². The number of hydrogen-bond donors (Lipinski definition) is 2. The van der Waals surface area contributed by atoms with Gasteiger partial charge in [-0.1, -0.05) is 13.8 Å². The Morgan fingerprint density at radius 1 is 1.41 bits per heavy atom. The molecule has 2 N–H and O–H groups in total. The van der Waals surface area contributed by atoms with Crippen LogP contribution in [0.5, 0.6) is 0 Å². The molecule has 0 aliphatic heterocycles. The lowest BCUT2D eigenvalue weighted by Crippen LogP contribution is -2.32. The summed E-state index contributed by atoms with van der Waals surface area (Å²) in [4.78, 5) is 16.7. The molecule has 7 heteroatoms. The highest BCUT2D eigenvalue weighted by molar-refractivity contribution is 5.79. The maximum atomic E-state index is 12.4. The van der Waals surface area contributed by atoms with Crippen LogP contribution in [0.25, 0.3) is 0 Å². The fourth-order valence-electron chi connectivity index (χ4n) is 2.56. The van der Waals surface area contributed by atoms with E-state index in [0.717, 1.165) is 29.2 Å². The molecule has 2 heterocycles. The van der Waals surface area contributed by atoms with E-state index in [2.05, 4.69) is 39.4 Å². The topological polar surface area (TPSA) is 88.5 Å². The number of nitrogens with one attached hydrogen (secondary N) is 2. The molecule has 7 nitrogen and oxygen atoms in total. The van der Waals surface area contributed by atoms with Crippen LogP contribution in [0.2, 0.25) is 0 Å². The Morgan fingerprint density at radius 2 is 2.14 bits per heavy atom. The van der Waals surface area contributed by atoms with Crippen LogP contribution in [0.15, 0.2) is 6.33 Å². The summed E-state index contributed by atoms with van der Waals surface area (Å²) in [6.45, 7) is 8.08. The highest BCUT2D eigenvalue weighted by Crippen LogP contribution is 2.19. The number of hydrogen-bond acceptors (Lipinski definition) is 4. The monoisotopic (exact) mass is 304 g/mol. The minimum absolute atomic E-state index is 0.0266. The number of amides is 1. The molecule has 0 saturated heterocycles. The van der Waals surface area contributed by atoms with E-state index in [-0.39, 0.29) is 11.9 Å². The number of aryl methyl sites for hydroxylation is 3. The molecule has 0 saturated carbocycles. The number of H-pyrrole nitrogens is 1. The number of carbonyl (C=O) groups is 1. The Bertz CT molecular complexity index is 623. The minimum Gasteiger partial charge on any atom is -0.346 e. The van der Waals surface area contributed by atoms with Crippen molar-refractivity contribution >= 4 is 5.91 Å². The van der Waals surface area contributed by atoms with Gasteiger partial charge in [0.1, 0.15) is 12.2 Å². The first-order valence-electron chi connectivity index (χ1n) is 7.52. The van der Waals surface area contributed by atoms with E-state index in [1.54, 1.807) is 4.68 Å². The molecule has 120 valence electrons. The second-order valence-electron chi connectivity index (χ2n) is 6.08. The molecule has 22 heavy (non-hydrogen) atoms. The number of aromatic nitrogens is 5. The van der Waals surface area contributed by atoms with Crippen LogP contribution in [0.4, 0.5) is 0 Å². The van der Waals surface area contributed by atoms with Gasteiger partial charge in [-0.05, 0) is 26.2 Å². The average molecular weight is 304 g/mol. The number of carbonyl (C=O) groups excluding carboxylic acids is 1. The molecular formula is C15H24N6O. The molecule has 2 rings (SSSR count). The van der Waals surface area contributed by atoms with Gasteiger partial charge in [-0.2, -0.15) is 10.2 Å². The van der Waals surface area contributed by atoms with Gasteiger partial charge in [0.2, 0.25) is 5.91 Å². The first-order chi connectivity index (χ1) is 10.4. The molecule has 0 aliphatic rings. The van der Waals surface area contributed by atoms with Crippen molar-refractivity contribution in [1.29, 1.82) is 0 Å². The first kappa shape index (κ1) is 16.2. The summed E-state index contributed by atoms with van der Waals surface area (Å²) in [5.41, 5.74) is 2.76. The van der Waals surface area contributed by atoms with E-state index < -0.39 is 0 Å². The normalized spacial score (nSPS) is 12.6. The molecule has 0 aliphatic carbocycles. The molecule has 2 aromatic rings. The zero-order valence-electron chi connectivity index (χ0n) is 13.8. The molecule has 0 radical (unpaired) electrons. The number of aromatic amines is 1. The zero-order chi connectivity index (χ0) is 16.3. The average Bonchev–Trinajstić information content (AvgIpc) is 2.98. The second-order valence-corrected chi connectivity index (χ2v) is 6.08. The minimum atomic E-state index is -0.132. The summed E-state index contributed by atoms with van der Waals surface area (Å²) in [7, 11) is 1.84. The van der Waals surface area contributed by atoms with Crippen molar-refractivity contribution in [3.8, 4) is 0 Å². The molecule has 0 spiro atoms. The SMILES string of the molecule is Cc1n[nH]c(C)c1CC(=O)N[C@@H](CC(C)C)c1ncnn1C. The van der Waals surface area contributed by atoms with Crippen molar-refractivity contribution in [2.45, 2.75) is 46.6 Å².